The zero-order chi connectivity index (χ0) is 27.0. The van der Waals surface area contributed by atoms with Gasteiger partial charge in [-0.15, -0.1) is 0 Å². The molecule has 1 unspecified atom stereocenters. The number of carbonyl (C=O) groups is 2. The monoisotopic (exact) mass is 533 g/mol. The molecule has 2 aromatic rings. The van der Waals surface area contributed by atoms with Crippen molar-refractivity contribution in [2.24, 2.45) is 11.8 Å². The van der Waals surface area contributed by atoms with Crippen LogP contribution in [0.4, 0.5) is 4.79 Å². The molecule has 1 aromatic carbocycles. The predicted molar refractivity (Wildman–Crippen MR) is 138 cm³/mol. The maximum atomic E-state index is 13.0. The van der Waals surface area contributed by atoms with E-state index in [-0.39, 0.29) is 24.4 Å². The second-order valence-corrected chi connectivity index (χ2v) is 12.0. The predicted octanol–water partition coefficient (Wildman–Crippen LogP) is 4.54. The van der Waals surface area contributed by atoms with Crippen LogP contribution in [-0.4, -0.2) is 68.8 Å². The van der Waals surface area contributed by atoms with Crippen LogP contribution in [0.2, 0.25) is 5.02 Å². The molecule has 2 heterocycles. The van der Waals surface area contributed by atoms with Gasteiger partial charge in [0.2, 0.25) is 0 Å². The number of aromatic nitrogens is 2. The largest absolute Gasteiger partial charge is 0.489 e. The minimum Gasteiger partial charge on any atom is -0.489 e. The highest BCUT2D eigenvalue weighted by Gasteiger charge is 2.43. The molecule has 1 aromatic heterocycles. The van der Waals surface area contributed by atoms with E-state index >= 15 is 0 Å². The summed E-state index contributed by atoms with van der Waals surface area (Å²) in [7, 11) is 0. The Bertz CT molecular complexity index is 1120. The van der Waals surface area contributed by atoms with Gasteiger partial charge in [0.1, 0.15) is 18.0 Å². The van der Waals surface area contributed by atoms with E-state index in [0.717, 1.165) is 18.4 Å². The van der Waals surface area contributed by atoms with Gasteiger partial charge in [0.25, 0.3) is 0 Å². The van der Waals surface area contributed by atoms with Crippen LogP contribution in [0.3, 0.4) is 0 Å². The van der Waals surface area contributed by atoms with Crippen molar-refractivity contribution in [3.8, 4) is 5.75 Å². The highest BCUT2D eigenvalue weighted by Crippen LogP contribution is 2.40. The number of hydrogen-bond acceptors (Lipinski definition) is 7. The van der Waals surface area contributed by atoms with Crippen molar-refractivity contribution >= 4 is 23.6 Å². The molecule has 9 nitrogen and oxygen atoms in total. The van der Waals surface area contributed by atoms with Crippen LogP contribution in [0.5, 0.6) is 5.75 Å². The van der Waals surface area contributed by atoms with Crippen molar-refractivity contribution in [1.29, 1.82) is 0 Å². The average molecular weight is 534 g/mol. The van der Waals surface area contributed by atoms with Gasteiger partial charge < -0.3 is 24.2 Å². The van der Waals surface area contributed by atoms with Gasteiger partial charge in [-0.2, -0.15) is 9.78 Å². The van der Waals surface area contributed by atoms with Gasteiger partial charge in [0.05, 0.1) is 23.3 Å². The Balaban J connectivity index is 1.27. The highest BCUT2D eigenvalue weighted by molar-refractivity contribution is 6.32. The number of hydrogen-bond donors (Lipinski definition) is 1. The van der Waals surface area contributed by atoms with Crippen LogP contribution < -0.4 is 4.74 Å². The van der Waals surface area contributed by atoms with Gasteiger partial charge in [0, 0.05) is 24.8 Å². The Kier molecular flexibility index (Phi) is 7.88. The quantitative estimate of drug-likeness (QED) is 0.521. The first-order valence-corrected chi connectivity index (χ1v) is 13.0. The van der Waals surface area contributed by atoms with Gasteiger partial charge in [-0.25, -0.2) is 9.59 Å². The fourth-order valence-corrected chi connectivity index (χ4v) is 5.03. The zero-order valence-electron chi connectivity index (χ0n) is 22.1. The standard InChI is InChI=1S/C27H36ClN3O6/c1-26(2,3)37-24(32)21-9-10-31(29-21)25(33)30-13-18-11-20(12-19(18)14-30)35-15-17-7-6-8-22(23(17)28)36-16-27(4,5)34/h6-10,18-20,34H,11-16H2,1-5H3/t18-,19+,20?. The summed E-state index contributed by atoms with van der Waals surface area (Å²) in [5.41, 5.74) is -0.632. The van der Waals surface area contributed by atoms with Gasteiger partial charge in [-0.3, -0.25) is 0 Å². The first kappa shape index (κ1) is 27.4. The lowest BCUT2D eigenvalue weighted by atomic mass is 10.0. The minimum atomic E-state index is -0.954. The number of carbonyl (C=O) groups excluding carboxylic acids is 2. The second kappa shape index (κ2) is 10.6. The second-order valence-electron chi connectivity index (χ2n) is 11.6. The van der Waals surface area contributed by atoms with E-state index in [4.69, 9.17) is 25.8 Å². The number of rotatable bonds is 7. The Labute approximate surface area is 222 Å². The molecule has 0 radical (unpaired) electrons. The Morgan fingerprint density at radius 1 is 1.11 bits per heavy atom. The molecule has 1 aliphatic heterocycles. The summed E-state index contributed by atoms with van der Waals surface area (Å²) >= 11 is 6.52. The van der Waals surface area contributed by atoms with E-state index in [1.54, 1.807) is 45.6 Å². The number of amides is 1. The normalized spacial score (nSPS) is 21.7. The Hall–Kier alpha value is -2.62. The minimum absolute atomic E-state index is 0.0905. The molecule has 3 atom stereocenters. The van der Waals surface area contributed by atoms with Gasteiger partial charge in [0.15, 0.2) is 5.69 Å². The molecule has 4 rings (SSSR count). The zero-order valence-corrected chi connectivity index (χ0v) is 22.8. The summed E-state index contributed by atoms with van der Waals surface area (Å²) in [6.45, 7) is 10.5. The summed E-state index contributed by atoms with van der Waals surface area (Å²) in [5, 5.41) is 14.5. The van der Waals surface area contributed by atoms with Crippen molar-refractivity contribution in [2.45, 2.75) is 71.4 Å². The third-order valence-corrected chi connectivity index (χ3v) is 6.90. The molecule has 1 amide bonds. The SMILES string of the molecule is CC(C)(O)COc1cccc(COC2C[C@@H]3CN(C(=O)n4ccc(C(=O)OC(C)(C)C)n4)C[C@@H]3C2)c1Cl. The van der Waals surface area contributed by atoms with Crippen molar-refractivity contribution in [1.82, 2.24) is 14.7 Å². The molecule has 1 N–H and O–H groups in total. The van der Waals surface area contributed by atoms with E-state index < -0.39 is 17.2 Å². The van der Waals surface area contributed by atoms with Crippen molar-refractivity contribution in [2.75, 3.05) is 19.7 Å². The fourth-order valence-electron chi connectivity index (χ4n) is 4.79. The summed E-state index contributed by atoms with van der Waals surface area (Å²) in [6, 6.07) is 6.81. The fraction of sp³-hybridized carbons (Fsp3) is 0.593. The summed E-state index contributed by atoms with van der Waals surface area (Å²) in [5.74, 6) is 0.682. The first-order valence-electron chi connectivity index (χ1n) is 12.6. The summed E-state index contributed by atoms with van der Waals surface area (Å²) in [4.78, 5) is 27.0. The lowest BCUT2D eigenvalue weighted by Crippen LogP contribution is -2.34. The molecule has 1 aliphatic carbocycles. The molecule has 0 bridgehead atoms. The lowest BCUT2D eigenvalue weighted by molar-refractivity contribution is 0.00620. The molecule has 202 valence electrons. The highest BCUT2D eigenvalue weighted by atomic mass is 35.5. The summed E-state index contributed by atoms with van der Waals surface area (Å²) in [6.07, 6.45) is 3.32. The third-order valence-electron chi connectivity index (χ3n) is 6.47. The number of aliphatic hydroxyl groups is 1. The molecule has 0 spiro atoms. The van der Waals surface area contributed by atoms with Crippen LogP contribution in [0.25, 0.3) is 0 Å². The van der Waals surface area contributed by atoms with E-state index in [0.29, 0.717) is 42.3 Å². The number of halogens is 1. The maximum absolute atomic E-state index is 13.0. The number of fused-ring (bicyclic) bond motifs is 1. The molecular formula is C27H36ClN3O6. The van der Waals surface area contributed by atoms with Crippen LogP contribution >= 0.6 is 11.6 Å². The number of ether oxygens (including phenoxy) is 3. The van der Waals surface area contributed by atoms with Crippen LogP contribution in [0.15, 0.2) is 30.5 Å². The van der Waals surface area contributed by atoms with Crippen LogP contribution in [0, 0.1) is 11.8 Å². The topological polar surface area (TPSA) is 103 Å². The number of benzene rings is 1. The van der Waals surface area contributed by atoms with Crippen molar-refractivity contribution < 1.29 is 28.9 Å². The van der Waals surface area contributed by atoms with E-state index in [2.05, 4.69) is 5.10 Å². The molecule has 2 fully saturated rings. The van der Waals surface area contributed by atoms with Crippen LogP contribution in [-0.2, 0) is 16.1 Å². The first-order chi connectivity index (χ1) is 17.3. The third kappa shape index (κ3) is 7.03. The molecular weight excluding hydrogens is 498 g/mol. The van der Waals surface area contributed by atoms with Crippen molar-refractivity contribution in [3.05, 3.63) is 46.7 Å². The average Bonchev–Trinajstić information content (AvgIpc) is 3.50. The Morgan fingerprint density at radius 2 is 1.78 bits per heavy atom. The Morgan fingerprint density at radius 3 is 2.41 bits per heavy atom. The lowest BCUT2D eigenvalue weighted by Gasteiger charge is -2.20. The molecule has 1 saturated heterocycles. The van der Waals surface area contributed by atoms with E-state index in [1.165, 1.54) is 16.9 Å². The van der Waals surface area contributed by atoms with Gasteiger partial charge >= 0.3 is 12.0 Å². The van der Waals surface area contributed by atoms with Crippen molar-refractivity contribution in [3.63, 3.8) is 0 Å². The maximum Gasteiger partial charge on any atom is 0.359 e. The smallest absolute Gasteiger partial charge is 0.359 e. The number of likely N-dealkylation sites (tertiary alicyclic amines) is 1. The van der Waals surface area contributed by atoms with Gasteiger partial charge in [-0.1, -0.05) is 23.7 Å². The molecule has 37 heavy (non-hydrogen) atoms. The number of esters is 1. The summed E-state index contributed by atoms with van der Waals surface area (Å²) < 4.78 is 18.4. The molecule has 2 aliphatic rings. The molecule has 1 saturated carbocycles. The molecule has 10 heteroatoms. The van der Waals surface area contributed by atoms with Gasteiger partial charge in [-0.05, 0) is 71.4 Å². The van der Waals surface area contributed by atoms with E-state index in [9.17, 15) is 14.7 Å². The number of nitrogens with zero attached hydrogens (tertiary/aromatic N) is 3. The van der Waals surface area contributed by atoms with Crippen LogP contribution in [0.1, 0.15) is 63.5 Å². The van der Waals surface area contributed by atoms with E-state index in [1.807, 2.05) is 12.1 Å².